The standard InChI is InChI=1S/C11H11F3O3S/c1-8-3-5-10(6-4-8)18(15,16)17-7-9(2)11(12,13)14/h3-6H,2,7H2,1H3. The van der Waals surface area contributed by atoms with Gasteiger partial charge in [0, 0.05) is 0 Å². The van der Waals surface area contributed by atoms with E-state index in [0.29, 0.717) is 0 Å². The molecule has 0 fully saturated rings. The molecule has 0 unspecified atom stereocenters. The van der Waals surface area contributed by atoms with Crippen LogP contribution >= 0.6 is 0 Å². The molecule has 100 valence electrons. The fraction of sp³-hybridized carbons (Fsp3) is 0.273. The second-order valence-electron chi connectivity index (χ2n) is 3.63. The minimum Gasteiger partial charge on any atom is -0.262 e. The van der Waals surface area contributed by atoms with Gasteiger partial charge in [-0.25, -0.2) is 0 Å². The van der Waals surface area contributed by atoms with Crippen molar-refractivity contribution in [3.63, 3.8) is 0 Å². The third-order valence-electron chi connectivity index (χ3n) is 2.10. The fourth-order valence-corrected chi connectivity index (χ4v) is 1.91. The first-order chi connectivity index (χ1) is 8.13. The van der Waals surface area contributed by atoms with E-state index in [9.17, 15) is 21.6 Å². The zero-order chi connectivity index (χ0) is 14.0. The van der Waals surface area contributed by atoms with E-state index < -0.39 is 28.5 Å². The van der Waals surface area contributed by atoms with Crippen molar-refractivity contribution < 1.29 is 25.8 Å². The van der Waals surface area contributed by atoms with E-state index in [1.165, 1.54) is 24.3 Å². The van der Waals surface area contributed by atoms with Crippen molar-refractivity contribution in [3.8, 4) is 0 Å². The highest BCUT2D eigenvalue weighted by Crippen LogP contribution is 2.25. The van der Waals surface area contributed by atoms with Crippen molar-refractivity contribution in [1.29, 1.82) is 0 Å². The van der Waals surface area contributed by atoms with E-state index in [0.717, 1.165) is 5.56 Å². The van der Waals surface area contributed by atoms with Gasteiger partial charge in [0.05, 0.1) is 17.1 Å². The van der Waals surface area contributed by atoms with Gasteiger partial charge >= 0.3 is 6.18 Å². The normalized spacial score (nSPS) is 12.4. The first-order valence-electron chi connectivity index (χ1n) is 4.84. The third kappa shape index (κ3) is 3.85. The Morgan fingerprint density at radius 3 is 2.22 bits per heavy atom. The summed E-state index contributed by atoms with van der Waals surface area (Å²) in [7, 11) is -4.19. The van der Waals surface area contributed by atoms with Gasteiger partial charge < -0.3 is 0 Å². The number of benzene rings is 1. The predicted molar refractivity (Wildman–Crippen MR) is 59.5 cm³/mol. The summed E-state index contributed by atoms with van der Waals surface area (Å²) in [4.78, 5) is -0.192. The maximum absolute atomic E-state index is 12.1. The number of rotatable bonds is 4. The smallest absolute Gasteiger partial charge is 0.262 e. The van der Waals surface area contributed by atoms with Gasteiger partial charge in [0.2, 0.25) is 0 Å². The number of hydrogen-bond donors (Lipinski definition) is 0. The lowest BCUT2D eigenvalue weighted by Crippen LogP contribution is -2.18. The molecule has 0 saturated carbocycles. The molecule has 0 heterocycles. The molecule has 1 aromatic carbocycles. The molecule has 0 aliphatic carbocycles. The fourth-order valence-electron chi connectivity index (χ4n) is 1.00. The second-order valence-corrected chi connectivity index (χ2v) is 5.25. The van der Waals surface area contributed by atoms with Crippen molar-refractivity contribution in [1.82, 2.24) is 0 Å². The van der Waals surface area contributed by atoms with Crippen LogP contribution in [-0.4, -0.2) is 21.2 Å². The predicted octanol–water partition coefficient (Wildman–Crippen LogP) is 2.82. The number of halogens is 3. The Kier molecular flexibility index (Phi) is 4.18. The molecular weight excluding hydrogens is 269 g/mol. The highest BCUT2D eigenvalue weighted by Gasteiger charge is 2.33. The number of aryl methyl sites for hydroxylation is 1. The van der Waals surface area contributed by atoms with Crippen LogP contribution in [0.2, 0.25) is 0 Å². The Morgan fingerprint density at radius 1 is 1.28 bits per heavy atom. The summed E-state index contributed by atoms with van der Waals surface area (Å²) in [6.07, 6.45) is -4.66. The molecule has 3 nitrogen and oxygen atoms in total. The molecule has 0 spiro atoms. The van der Waals surface area contributed by atoms with E-state index in [4.69, 9.17) is 0 Å². The molecule has 7 heteroatoms. The van der Waals surface area contributed by atoms with E-state index in [1.807, 2.05) is 0 Å². The first kappa shape index (κ1) is 14.7. The average Bonchev–Trinajstić information content (AvgIpc) is 2.25. The summed E-state index contributed by atoms with van der Waals surface area (Å²) in [5.74, 6) is 0. The van der Waals surface area contributed by atoms with Crippen molar-refractivity contribution >= 4 is 10.1 Å². The van der Waals surface area contributed by atoms with Crippen LogP contribution in [0.1, 0.15) is 5.56 Å². The number of hydrogen-bond acceptors (Lipinski definition) is 3. The SMILES string of the molecule is C=C(COS(=O)(=O)c1ccc(C)cc1)C(F)(F)F. The third-order valence-corrected chi connectivity index (χ3v) is 3.38. The minimum absolute atomic E-state index is 0.192. The molecule has 0 aromatic heterocycles. The van der Waals surface area contributed by atoms with E-state index >= 15 is 0 Å². The summed E-state index contributed by atoms with van der Waals surface area (Å²) in [5.41, 5.74) is -0.424. The molecule has 0 amide bonds. The largest absolute Gasteiger partial charge is 0.414 e. The number of alkyl halides is 3. The summed E-state index contributed by atoms with van der Waals surface area (Å²) < 4.78 is 63.7. The van der Waals surface area contributed by atoms with Crippen LogP contribution in [0.3, 0.4) is 0 Å². The monoisotopic (exact) mass is 280 g/mol. The zero-order valence-electron chi connectivity index (χ0n) is 9.49. The summed E-state index contributed by atoms with van der Waals surface area (Å²) in [5, 5.41) is 0. The van der Waals surface area contributed by atoms with Gasteiger partial charge in [-0.15, -0.1) is 0 Å². The first-order valence-corrected chi connectivity index (χ1v) is 6.25. The lowest BCUT2D eigenvalue weighted by molar-refractivity contribution is -0.0959. The Bertz CT molecular complexity index is 530. The quantitative estimate of drug-likeness (QED) is 0.629. The van der Waals surface area contributed by atoms with Crippen molar-refractivity contribution in [3.05, 3.63) is 42.0 Å². The van der Waals surface area contributed by atoms with Gasteiger partial charge in [-0.05, 0) is 19.1 Å². The van der Waals surface area contributed by atoms with Crippen LogP contribution in [0.25, 0.3) is 0 Å². The minimum atomic E-state index is -4.66. The Balaban J connectivity index is 2.78. The lowest BCUT2D eigenvalue weighted by Gasteiger charge is -2.10. The topological polar surface area (TPSA) is 43.4 Å². The molecule has 0 aliphatic rings. The van der Waals surface area contributed by atoms with Crippen LogP contribution in [0.4, 0.5) is 13.2 Å². The Hall–Kier alpha value is -1.34. The van der Waals surface area contributed by atoms with E-state index in [1.54, 1.807) is 6.92 Å². The van der Waals surface area contributed by atoms with Gasteiger partial charge in [0.25, 0.3) is 10.1 Å². The molecule has 0 atom stereocenters. The summed E-state index contributed by atoms with van der Waals surface area (Å²) in [6.45, 7) is 3.36. The average molecular weight is 280 g/mol. The van der Waals surface area contributed by atoms with Crippen LogP contribution in [0, 0.1) is 6.92 Å². The molecule has 1 aromatic rings. The molecule has 18 heavy (non-hydrogen) atoms. The molecule has 0 radical (unpaired) electrons. The zero-order valence-corrected chi connectivity index (χ0v) is 10.3. The van der Waals surface area contributed by atoms with Gasteiger partial charge in [-0.1, -0.05) is 24.3 Å². The van der Waals surface area contributed by atoms with Crippen molar-refractivity contribution in [2.75, 3.05) is 6.61 Å². The van der Waals surface area contributed by atoms with Crippen molar-refractivity contribution in [2.45, 2.75) is 18.0 Å². The Labute approximate surface area is 103 Å². The maximum Gasteiger partial charge on any atom is 0.414 e. The van der Waals surface area contributed by atoms with E-state index in [-0.39, 0.29) is 4.90 Å². The molecular formula is C11H11F3O3S. The van der Waals surface area contributed by atoms with Crippen LogP contribution < -0.4 is 0 Å². The summed E-state index contributed by atoms with van der Waals surface area (Å²) in [6, 6.07) is 5.58. The molecule has 0 aliphatic heterocycles. The molecule has 0 bridgehead atoms. The van der Waals surface area contributed by atoms with Gasteiger partial charge in [-0.3, -0.25) is 4.18 Å². The summed E-state index contributed by atoms with van der Waals surface area (Å²) >= 11 is 0. The highest BCUT2D eigenvalue weighted by atomic mass is 32.2. The van der Waals surface area contributed by atoms with Crippen LogP contribution in [-0.2, 0) is 14.3 Å². The van der Waals surface area contributed by atoms with E-state index in [2.05, 4.69) is 10.8 Å². The van der Waals surface area contributed by atoms with Crippen molar-refractivity contribution in [2.24, 2.45) is 0 Å². The van der Waals surface area contributed by atoms with Gasteiger partial charge in [0.1, 0.15) is 0 Å². The van der Waals surface area contributed by atoms with Crippen LogP contribution in [0.15, 0.2) is 41.3 Å². The maximum atomic E-state index is 12.1. The molecule has 1 rings (SSSR count). The molecule has 0 saturated heterocycles. The second kappa shape index (κ2) is 5.11. The van der Waals surface area contributed by atoms with Gasteiger partial charge in [0.15, 0.2) is 0 Å². The Morgan fingerprint density at radius 2 is 1.78 bits per heavy atom. The molecule has 0 N–H and O–H groups in total. The lowest BCUT2D eigenvalue weighted by atomic mass is 10.2. The van der Waals surface area contributed by atoms with Crippen LogP contribution in [0.5, 0.6) is 0 Å². The van der Waals surface area contributed by atoms with Gasteiger partial charge in [-0.2, -0.15) is 21.6 Å². The highest BCUT2D eigenvalue weighted by molar-refractivity contribution is 7.86.